The molecule has 1 N–H and O–H groups in total. The lowest BCUT2D eigenvalue weighted by Gasteiger charge is -2.33. The van der Waals surface area contributed by atoms with Crippen LogP contribution in [-0.2, 0) is 32.6 Å². The molecule has 0 heterocycles. The summed E-state index contributed by atoms with van der Waals surface area (Å²) in [7, 11) is -2.25. The smallest absolute Gasteiger partial charge is 0.244 e. The Morgan fingerprint density at radius 3 is 2.03 bits per heavy atom. The molecule has 3 rings (SSSR count). The van der Waals surface area contributed by atoms with Crippen LogP contribution in [0.1, 0.15) is 22.3 Å². The summed E-state index contributed by atoms with van der Waals surface area (Å²) >= 11 is 0. The average Bonchev–Trinajstić information content (AvgIpc) is 2.86. The number of benzene rings is 3. The molecule has 3 aromatic rings. The number of carbonyl (C=O) groups is 2. The highest BCUT2D eigenvalue weighted by Gasteiger charge is 2.32. The van der Waals surface area contributed by atoms with Crippen molar-refractivity contribution < 1.29 is 18.0 Å². The average molecular weight is 508 g/mol. The number of carbonyl (C=O) groups excluding carboxylic acids is 2. The highest BCUT2D eigenvalue weighted by atomic mass is 32.2. The van der Waals surface area contributed by atoms with Gasteiger partial charge in [0.25, 0.3) is 0 Å². The third-order valence-corrected chi connectivity index (χ3v) is 7.15. The van der Waals surface area contributed by atoms with Gasteiger partial charge in [-0.2, -0.15) is 0 Å². The van der Waals surface area contributed by atoms with Gasteiger partial charge in [-0.15, -0.1) is 0 Å². The molecule has 190 valence electrons. The maximum atomic E-state index is 13.9. The Morgan fingerprint density at radius 1 is 0.889 bits per heavy atom. The molecule has 0 saturated carbocycles. The minimum atomic E-state index is -3.78. The SMILES string of the molecule is CNC(=O)[C@@H](Cc1ccccc1)N(Cc1ccccc1)C(=O)CN(c1cc(C)ccc1C)S(C)(=O)=O. The Balaban J connectivity index is 2.03. The predicted octanol–water partition coefficient (Wildman–Crippen LogP) is 3.46. The zero-order chi connectivity index (χ0) is 26.3. The molecule has 0 radical (unpaired) electrons. The van der Waals surface area contributed by atoms with Crippen LogP contribution >= 0.6 is 0 Å². The van der Waals surface area contributed by atoms with Crippen LogP contribution in [0.2, 0.25) is 0 Å². The molecule has 0 aliphatic heterocycles. The topological polar surface area (TPSA) is 86.8 Å². The van der Waals surface area contributed by atoms with E-state index in [1.165, 1.54) is 11.9 Å². The van der Waals surface area contributed by atoms with Gasteiger partial charge in [0.2, 0.25) is 21.8 Å². The zero-order valence-electron chi connectivity index (χ0n) is 21.1. The van der Waals surface area contributed by atoms with Gasteiger partial charge in [-0.3, -0.25) is 13.9 Å². The second-order valence-corrected chi connectivity index (χ2v) is 10.8. The molecule has 36 heavy (non-hydrogen) atoms. The molecule has 0 aliphatic carbocycles. The zero-order valence-corrected chi connectivity index (χ0v) is 22.0. The van der Waals surface area contributed by atoms with Gasteiger partial charge < -0.3 is 10.2 Å². The Bertz CT molecular complexity index is 1290. The van der Waals surface area contributed by atoms with Crippen LogP contribution in [0.3, 0.4) is 0 Å². The molecule has 0 fully saturated rings. The first kappa shape index (κ1) is 26.9. The Labute approximate surface area is 213 Å². The summed E-state index contributed by atoms with van der Waals surface area (Å²) in [6.07, 6.45) is 1.38. The van der Waals surface area contributed by atoms with E-state index in [4.69, 9.17) is 0 Å². The van der Waals surface area contributed by atoms with Crippen LogP contribution in [0.4, 0.5) is 5.69 Å². The Morgan fingerprint density at radius 2 is 1.47 bits per heavy atom. The van der Waals surface area contributed by atoms with Gasteiger partial charge in [-0.25, -0.2) is 8.42 Å². The molecule has 0 spiro atoms. The summed E-state index contributed by atoms with van der Waals surface area (Å²) in [6, 6.07) is 23.5. The number of nitrogens with one attached hydrogen (secondary N) is 1. The number of rotatable bonds is 10. The van der Waals surface area contributed by atoms with E-state index in [0.717, 1.165) is 32.8 Å². The minimum absolute atomic E-state index is 0.162. The van der Waals surface area contributed by atoms with Crippen molar-refractivity contribution in [2.45, 2.75) is 32.9 Å². The van der Waals surface area contributed by atoms with Gasteiger partial charge in [0.05, 0.1) is 11.9 Å². The first-order valence-corrected chi connectivity index (χ1v) is 13.6. The second kappa shape index (κ2) is 11.9. The summed E-state index contributed by atoms with van der Waals surface area (Å²) in [5.41, 5.74) is 3.80. The number of amides is 2. The first-order valence-electron chi connectivity index (χ1n) is 11.7. The fourth-order valence-electron chi connectivity index (χ4n) is 4.08. The Hall–Kier alpha value is -3.65. The number of anilines is 1. The monoisotopic (exact) mass is 507 g/mol. The lowest BCUT2D eigenvalue weighted by atomic mass is 10.0. The summed E-state index contributed by atoms with van der Waals surface area (Å²) in [6.45, 7) is 3.42. The standard InChI is InChI=1S/C28H33N3O4S/c1-21-15-16-22(2)25(17-21)31(36(4,34)35)20-27(32)30(19-24-13-9-6-10-14-24)26(28(33)29-3)18-23-11-7-5-8-12-23/h5-17,26H,18-20H2,1-4H3,(H,29,33)/t26-/m1/s1. The van der Waals surface area contributed by atoms with E-state index >= 15 is 0 Å². The quantitative estimate of drug-likeness (QED) is 0.455. The first-order chi connectivity index (χ1) is 17.1. The van der Waals surface area contributed by atoms with E-state index in [1.807, 2.05) is 86.6 Å². The summed E-state index contributed by atoms with van der Waals surface area (Å²) in [5.74, 6) is -0.782. The normalized spacial score (nSPS) is 12.0. The van der Waals surface area contributed by atoms with Crippen LogP contribution in [0.15, 0.2) is 78.9 Å². The number of likely N-dealkylation sites (N-methyl/N-ethyl adjacent to an activating group) is 1. The molecule has 7 nitrogen and oxygen atoms in total. The van der Waals surface area contributed by atoms with E-state index in [9.17, 15) is 18.0 Å². The lowest BCUT2D eigenvalue weighted by molar-refractivity contribution is -0.139. The Kier molecular flexibility index (Phi) is 8.88. The van der Waals surface area contributed by atoms with E-state index < -0.39 is 28.5 Å². The van der Waals surface area contributed by atoms with E-state index in [-0.39, 0.29) is 12.5 Å². The maximum absolute atomic E-state index is 13.9. The lowest BCUT2D eigenvalue weighted by Crippen LogP contribution is -2.53. The molecule has 2 amide bonds. The van der Waals surface area contributed by atoms with Crippen molar-refractivity contribution in [3.8, 4) is 0 Å². The van der Waals surface area contributed by atoms with Gasteiger partial charge in [0, 0.05) is 20.0 Å². The molecule has 0 saturated heterocycles. The molecular weight excluding hydrogens is 474 g/mol. The molecule has 3 aromatic carbocycles. The van der Waals surface area contributed by atoms with Crippen LogP contribution in [0.5, 0.6) is 0 Å². The molecule has 0 bridgehead atoms. The number of nitrogens with zero attached hydrogens (tertiary/aromatic N) is 2. The molecule has 0 aliphatic rings. The van der Waals surface area contributed by atoms with Gasteiger partial charge >= 0.3 is 0 Å². The minimum Gasteiger partial charge on any atom is -0.357 e. The van der Waals surface area contributed by atoms with Crippen LogP contribution in [0.25, 0.3) is 0 Å². The van der Waals surface area contributed by atoms with Crippen LogP contribution in [0, 0.1) is 13.8 Å². The van der Waals surface area contributed by atoms with Gasteiger partial charge in [0.15, 0.2) is 0 Å². The fourth-order valence-corrected chi connectivity index (χ4v) is 4.98. The fraction of sp³-hybridized carbons (Fsp3) is 0.286. The van der Waals surface area contributed by atoms with Crippen molar-refractivity contribution in [3.05, 3.63) is 101 Å². The summed E-state index contributed by atoms with van der Waals surface area (Å²) in [4.78, 5) is 28.4. The summed E-state index contributed by atoms with van der Waals surface area (Å²) in [5, 5.41) is 2.67. The van der Waals surface area contributed by atoms with Crippen molar-refractivity contribution in [2.24, 2.45) is 0 Å². The molecule has 0 aromatic heterocycles. The van der Waals surface area contributed by atoms with Crippen molar-refractivity contribution in [3.63, 3.8) is 0 Å². The molecule has 8 heteroatoms. The van der Waals surface area contributed by atoms with E-state index in [1.54, 1.807) is 6.07 Å². The van der Waals surface area contributed by atoms with Crippen LogP contribution < -0.4 is 9.62 Å². The largest absolute Gasteiger partial charge is 0.357 e. The van der Waals surface area contributed by atoms with E-state index in [2.05, 4.69) is 5.32 Å². The van der Waals surface area contributed by atoms with Crippen molar-refractivity contribution >= 4 is 27.5 Å². The third kappa shape index (κ3) is 6.95. The van der Waals surface area contributed by atoms with Crippen molar-refractivity contribution in [1.29, 1.82) is 0 Å². The number of sulfonamides is 1. The molecule has 1 atom stereocenters. The van der Waals surface area contributed by atoms with Crippen molar-refractivity contribution in [2.75, 3.05) is 24.2 Å². The maximum Gasteiger partial charge on any atom is 0.244 e. The second-order valence-electron chi connectivity index (χ2n) is 8.89. The summed E-state index contributed by atoms with van der Waals surface area (Å²) < 4.78 is 26.8. The van der Waals surface area contributed by atoms with Gasteiger partial charge in [-0.1, -0.05) is 72.8 Å². The molecular formula is C28H33N3O4S. The number of aryl methyl sites for hydroxylation is 2. The predicted molar refractivity (Wildman–Crippen MR) is 143 cm³/mol. The number of hydrogen-bond acceptors (Lipinski definition) is 4. The highest BCUT2D eigenvalue weighted by molar-refractivity contribution is 7.92. The van der Waals surface area contributed by atoms with Gasteiger partial charge in [-0.05, 0) is 42.2 Å². The van der Waals surface area contributed by atoms with Gasteiger partial charge in [0.1, 0.15) is 12.6 Å². The highest BCUT2D eigenvalue weighted by Crippen LogP contribution is 2.25. The van der Waals surface area contributed by atoms with E-state index in [0.29, 0.717) is 12.1 Å². The van der Waals surface area contributed by atoms with Crippen LogP contribution in [-0.4, -0.2) is 51.0 Å². The number of hydrogen-bond donors (Lipinski definition) is 1. The third-order valence-electron chi connectivity index (χ3n) is 6.03. The van der Waals surface area contributed by atoms with Crippen molar-refractivity contribution in [1.82, 2.24) is 10.2 Å². The molecule has 0 unspecified atom stereocenters.